The van der Waals surface area contributed by atoms with Crippen LogP contribution in [0, 0.1) is 0 Å². The standard InChI is InChI=1S/C15H31N3O3/c1-6-13(14(19)20)16(5)15(21)18(9-4)12-10-11-17(7-2)8-3/h13H,6-12H2,1-5H3,(H,19,20). The van der Waals surface area contributed by atoms with Crippen LogP contribution in [0.1, 0.15) is 40.5 Å². The fourth-order valence-corrected chi connectivity index (χ4v) is 2.38. The summed E-state index contributed by atoms with van der Waals surface area (Å²) in [5, 5.41) is 9.14. The van der Waals surface area contributed by atoms with Crippen LogP contribution in [-0.4, -0.2) is 77.6 Å². The highest BCUT2D eigenvalue weighted by molar-refractivity contribution is 5.82. The summed E-state index contributed by atoms with van der Waals surface area (Å²) in [6.07, 6.45) is 1.31. The summed E-state index contributed by atoms with van der Waals surface area (Å²) in [5.74, 6) is -0.951. The lowest BCUT2D eigenvalue weighted by Crippen LogP contribution is -2.49. The molecule has 0 aliphatic rings. The maximum absolute atomic E-state index is 12.4. The molecule has 124 valence electrons. The first kappa shape index (κ1) is 19.7. The molecule has 0 heterocycles. The van der Waals surface area contributed by atoms with Gasteiger partial charge >= 0.3 is 12.0 Å². The number of aliphatic carboxylic acids is 1. The van der Waals surface area contributed by atoms with Crippen LogP contribution in [0.15, 0.2) is 0 Å². The Kier molecular flexibility index (Phi) is 9.78. The van der Waals surface area contributed by atoms with Crippen molar-refractivity contribution in [2.45, 2.75) is 46.6 Å². The molecule has 0 aromatic rings. The van der Waals surface area contributed by atoms with Crippen molar-refractivity contribution in [2.75, 3.05) is 39.8 Å². The van der Waals surface area contributed by atoms with Crippen LogP contribution < -0.4 is 0 Å². The van der Waals surface area contributed by atoms with Gasteiger partial charge in [0, 0.05) is 20.1 Å². The molecule has 21 heavy (non-hydrogen) atoms. The molecule has 0 fully saturated rings. The highest BCUT2D eigenvalue weighted by Gasteiger charge is 2.27. The Balaban J connectivity index is 4.50. The first-order valence-corrected chi connectivity index (χ1v) is 7.89. The second-order valence-corrected chi connectivity index (χ2v) is 5.12. The van der Waals surface area contributed by atoms with Gasteiger partial charge in [0.25, 0.3) is 0 Å². The van der Waals surface area contributed by atoms with E-state index in [-0.39, 0.29) is 6.03 Å². The molecule has 1 unspecified atom stereocenters. The van der Waals surface area contributed by atoms with Gasteiger partial charge in [-0.3, -0.25) is 0 Å². The molecule has 6 nitrogen and oxygen atoms in total. The summed E-state index contributed by atoms with van der Waals surface area (Å²) in [7, 11) is 1.57. The van der Waals surface area contributed by atoms with Gasteiger partial charge in [0.15, 0.2) is 0 Å². The molecule has 0 spiro atoms. The zero-order valence-electron chi connectivity index (χ0n) is 14.1. The van der Waals surface area contributed by atoms with Gasteiger partial charge in [-0.15, -0.1) is 0 Å². The van der Waals surface area contributed by atoms with Crippen LogP contribution in [-0.2, 0) is 4.79 Å². The van der Waals surface area contributed by atoms with Gasteiger partial charge in [-0.1, -0.05) is 20.8 Å². The van der Waals surface area contributed by atoms with Crippen LogP contribution in [0.25, 0.3) is 0 Å². The molecule has 0 aliphatic heterocycles. The molecule has 2 amide bonds. The van der Waals surface area contributed by atoms with Crippen LogP contribution >= 0.6 is 0 Å². The first-order valence-electron chi connectivity index (χ1n) is 7.89. The quantitative estimate of drug-likeness (QED) is 0.670. The smallest absolute Gasteiger partial charge is 0.326 e. The van der Waals surface area contributed by atoms with E-state index < -0.39 is 12.0 Å². The second-order valence-electron chi connectivity index (χ2n) is 5.12. The lowest BCUT2D eigenvalue weighted by atomic mass is 10.2. The van der Waals surface area contributed by atoms with Crippen molar-refractivity contribution in [2.24, 2.45) is 0 Å². The largest absolute Gasteiger partial charge is 0.480 e. The minimum atomic E-state index is -0.951. The summed E-state index contributed by atoms with van der Waals surface area (Å²) in [4.78, 5) is 28.9. The third-order valence-electron chi connectivity index (χ3n) is 3.89. The zero-order valence-corrected chi connectivity index (χ0v) is 14.1. The van der Waals surface area contributed by atoms with Crippen LogP contribution in [0.5, 0.6) is 0 Å². The maximum atomic E-state index is 12.4. The monoisotopic (exact) mass is 301 g/mol. The van der Waals surface area contributed by atoms with Gasteiger partial charge in [-0.05, 0) is 39.4 Å². The molecule has 0 saturated carbocycles. The number of hydrogen-bond acceptors (Lipinski definition) is 3. The van der Waals surface area contributed by atoms with E-state index in [9.17, 15) is 9.59 Å². The molecule has 1 atom stereocenters. The van der Waals surface area contributed by atoms with Gasteiger partial charge in [0.05, 0.1) is 0 Å². The highest BCUT2D eigenvalue weighted by atomic mass is 16.4. The molecule has 1 N–H and O–H groups in total. The predicted octanol–water partition coefficient (Wildman–Crippen LogP) is 1.96. The Bertz CT molecular complexity index is 319. The molecule has 0 rings (SSSR count). The third kappa shape index (κ3) is 6.33. The minimum absolute atomic E-state index is 0.203. The first-order chi connectivity index (χ1) is 9.92. The molecule has 0 aliphatic carbocycles. The number of carboxylic acid groups (broad SMARTS) is 1. The maximum Gasteiger partial charge on any atom is 0.326 e. The average molecular weight is 301 g/mol. The van der Waals surface area contributed by atoms with Crippen LogP contribution in [0.2, 0.25) is 0 Å². The van der Waals surface area contributed by atoms with E-state index in [1.165, 1.54) is 4.90 Å². The fourth-order valence-electron chi connectivity index (χ4n) is 2.38. The summed E-state index contributed by atoms with van der Waals surface area (Å²) in [6, 6.07) is -0.958. The lowest BCUT2D eigenvalue weighted by molar-refractivity contribution is -0.142. The SMILES string of the molecule is CCC(C(=O)O)N(C)C(=O)N(CC)CCCN(CC)CC. The molecule has 0 radical (unpaired) electrons. The topological polar surface area (TPSA) is 64.1 Å². The number of nitrogens with zero attached hydrogens (tertiary/aromatic N) is 3. The normalized spacial score (nSPS) is 12.3. The third-order valence-corrected chi connectivity index (χ3v) is 3.89. The average Bonchev–Trinajstić information content (AvgIpc) is 2.47. The van der Waals surface area contributed by atoms with Gasteiger partial charge in [-0.25, -0.2) is 9.59 Å². The molecule has 0 bridgehead atoms. The summed E-state index contributed by atoms with van der Waals surface area (Å²) >= 11 is 0. The molecule has 0 aromatic carbocycles. The van der Waals surface area contributed by atoms with E-state index in [1.54, 1.807) is 18.9 Å². The van der Waals surface area contributed by atoms with Crippen LogP contribution in [0.3, 0.4) is 0 Å². The highest BCUT2D eigenvalue weighted by Crippen LogP contribution is 2.07. The summed E-state index contributed by atoms with van der Waals surface area (Å²) < 4.78 is 0. The molecule has 6 heteroatoms. The summed E-state index contributed by atoms with van der Waals surface area (Å²) in [6.45, 7) is 12.2. The van der Waals surface area contributed by atoms with Gasteiger partial charge in [0.2, 0.25) is 0 Å². The number of carboxylic acids is 1. The van der Waals surface area contributed by atoms with Gasteiger partial charge in [0.1, 0.15) is 6.04 Å². The van der Waals surface area contributed by atoms with Crippen molar-refractivity contribution >= 4 is 12.0 Å². The van der Waals surface area contributed by atoms with Gasteiger partial charge in [-0.2, -0.15) is 0 Å². The number of hydrogen-bond donors (Lipinski definition) is 1. The second kappa shape index (κ2) is 10.4. The van der Waals surface area contributed by atoms with Crippen molar-refractivity contribution in [1.29, 1.82) is 0 Å². The summed E-state index contributed by atoms with van der Waals surface area (Å²) in [5.41, 5.74) is 0. The van der Waals surface area contributed by atoms with E-state index >= 15 is 0 Å². The Morgan fingerprint density at radius 3 is 1.95 bits per heavy atom. The number of rotatable bonds is 10. The number of amides is 2. The number of carbonyl (C=O) groups is 2. The van der Waals surface area contributed by atoms with E-state index in [0.717, 1.165) is 26.1 Å². The van der Waals surface area contributed by atoms with Crippen molar-refractivity contribution in [3.05, 3.63) is 0 Å². The number of carbonyl (C=O) groups excluding carboxylic acids is 1. The molecular weight excluding hydrogens is 270 g/mol. The van der Waals surface area contributed by atoms with Crippen molar-refractivity contribution < 1.29 is 14.7 Å². The van der Waals surface area contributed by atoms with E-state index in [2.05, 4.69) is 18.7 Å². The van der Waals surface area contributed by atoms with E-state index in [0.29, 0.717) is 19.5 Å². The lowest BCUT2D eigenvalue weighted by Gasteiger charge is -2.31. The Hall–Kier alpha value is -1.30. The van der Waals surface area contributed by atoms with Gasteiger partial charge < -0.3 is 19.8 Å². The van der Waals surface area contributed by atoms with E-state index in [4.69, 9.17) is 5.11 Å². The Morgan fingerprint density at radius 2 is 1.57 bits per heavy atom. The number of likely N-dealkylation sites (N-methyl/N-ethyl adjacent to an activating group) is 1. The number of urea groups is 1. The molecular formula is C15H31N3O3. The predicted molar refractivity (Wildman–Crippen MR) is 84.5 cm³/mol. The Morgan fingerprint density at radius 1 is 1.00 bits per heavy atom. The fraction of sp³-hybridized carbons (Fsp3) is 0.867. The Labute approximate surface area is 128 Å². The molecule has 0 aromatic heterocycles. The van der Waals surface area contributed by atoms with Crippen molar-refractivity contribution in [1.82, 2.24) is 14.7 Å². The van der Waals surface area contributed by atoms with Crippen LogP contribution in [0.4, 0.5) is 4.79 Å². The van der Waals surface area contributed by atoms with E-state index in [1.807, 2.05) is 6.92 Å². The van der Waals surface area contributed by atoms with Crippen molar-refractivity contribution in [3.8, 4) is 0 Å². The zero-order chi connectivity index (χ0) is 16.4. The van der Waals surface area contributed by atoms with Crippen molar-refractivity contribution in [3.63, 3.8) is 0 Å². The minimum Gasteiger partial charge on any atom is -0.480 e. The molecule has 0 saturated heterocycles.